The first-order valence-corrected chi connectivity index (χ1v) is 5.40. The van der Waals surface area contributed by atoms with Crippen LogP contribution < -0.4 is 0 Å². The van der Waals surface area contributed by atoms with Crippen molar-refractivity contribution in [2.45, 2.75) is 13.8 Å². The van der Waals surface area contributed by atoms with Crippen LogP contribution in [0.2, 0.25) is 0 Å². The van der Waals surface area contributed by atoms with Crippen LogP contribution in [0.5, 0.6) is 0 Å². The van der Waals surface area contributed by atoms with Crippen molar-refractivity contribution >= 4 is 12.0 Å². The van der Waals surface area contributed by atoms with Gasteiger partial charge < -0.3 is 4.90 Å². The highest BCUT2D eigenvalue weighted by Crippen LogP contribution is 2.08. The van der Waals surface area contributed by atoms with Crippen LogP contribution in [-0.4, -0.2) is 23.9 Å². The molecule has 16 heavy (non-hydrogen) atoms. The van der Waals surface area contributed by atoms with Gasteiger partial charge in [0.05, 0.1) is 0 Å². The quantitative estimate of drug-likeness (QED) is 0.716. The maximum atomic E-state index is 13.2. The molecule has 1 rings (SSSR count). The highest BCUT2D eigenvalue weighted by atomic mass is 19.1. The predicted octanol–water partition coefficient (Wildman–Crippen LogP) is 2.71. The van der Waals surface area contributed by atoms with E-state index >= 15 is 0 Å². The summed E-state index contributed by atoms with van der Waals surface area (Å²) in [4.78, 5) is 13.3. The zero-order chi connectivity index (χ0) is 12.0. The molecule has 0 fully saturated rings. The van der Waals surface area contributed by atoms with Crippen molar-refractivity contribution in [3.05, 3.63) is 41.7 Å². The average molecular weight is 221 g/mol. The van der Waals surface area contributed by atoms with Gasteiger partial charge in [-0.15, -0.1) is 0 Å². The first-order valence-electron chi connectivity index (χ1n) is 5.40. The Labute approximate surface area is 95.4 Å². The molecule has 86 valence electrons. The van der Waals surface area contributed by atoms with Crippen molar-refractivity contribution in [3.63, 3.8) is 0 Å². The van der Waals surface area contributed by atoms with Gasteiger partial charge in [0.25, 0.3) is 0 Å². The third-order valence-electron chi connectivity index (χ3n) is 2.39. The lowest BCUT2D eigenvalue weighted by molar-refractivity contribution is -0.125. The summed E-state index contributed by atoms with van der Waals surface area (Å²) in [7, 11) is 0. The standard InChI is InChI=1S/C13H16FNO/c1-3-15(4-2)13(16)10-9-11-7-5-6-8-12(11)14/h5-10H,3-4H2,1-2H3/b10-9-. The minimum absolute atomic E-state index is 0.0896. The molecule has 2 nitrogen and oxygen atoms in total. The summed E-state index contributed by atoms with van der Waals surface area (Å²) in [6.45, 7) is 5.16. The van der Waals surface area contributed by atoms with Crippen molar-refractivity contribution in [1.82, 2.24) is 4.90 Å². The Balaban J connectivity index is 2.74. The topological polar surface area (TPSA) is 20.3 Å². The lowest BCUT2D eigenvalue weighted by atomic mass is 10.2. The average Bonchev–Trinajstić information content (AvgIpc) is 2.29. The van der Waals surface area contributed by atoms with Crippen LogP contribution in [0.15, 0.2) is 30.3 Å². The fraction of sp³-hybridized carbons (Fsp3) is 0.308. The Morgan fingerprint density at radius 1 is 1.31 bits per heavy atom. The number of rotatable bonds is 4. The number of halogens is 1. The Morgan fingerprint density at radius 2 is 1.94 bits per heavy atom. The second-order valence-electron chi connectivity index (χ2n) is 3.37. The van der Waals surface area contributed by atoms with Gasteiger partial charge >= 0.3 is 0 Å². The molecule has 1 aromatic rings. The maximum Gasteiger partial charge on any atom is 0.246 e. The number of amides is 1. The van der Waals surface area contributed by atoms with Crippen molar-refractivity contribution in [3.8, 4) is 0 Å². The molecule has 0 N–H and O–H groups in total. The summed E-state index contributed by atoms with van der Waals surface area (Å²) in [6.07, 6.45) is 2.92. The molecule has 0 aliphatic heterocycles. The smallest absolute Gasteiger partial charge is 0.246 e. The van der Waals surface area contributed by atoms with Gasteiger partial charge in [-0.3, -0.25) is 4.79 Å². The van der Waals surface area contributed by atoms with Crippen molar-refractivity contribution in [2.75, 3.05) is 13.1 Å². The number of nitrogens with zero attached hydrogens (tertiary/aromatic N) is 1. The number of benzene rings is 1. The molecule has 0 saturated carbocycles. The summed E-state index contributed by atoms with van der Waals surface area (Å²) < 4.78 is 13.2. The van der Waals surface area contributed by atoms with E-state index in [9.17, 15) is 9.18 Å². The van der Waals surface area contributed by atoms with Gasteiger partial charge in [-0.25, -0.2) is 4.39 Å². The molecule has 0 saturated heterocycles. The normalized spacial score (nSPS) is 10.7. The van der Waals surface area contributed by atoms with E-state index in [2.05, 4.69) is 0 Å². The van der Waals surface area contributed by atoms with Gasteiger partial charge in [-0.2, -0.15) is 0 Å². The number of carbonyl (C=O) groups is 1. The Morgan fingerprint density at radius 3 is 2.50 bits per heavy atom. The van der Waals surface area contributed by atoms with Crippen molar-refractivity contribution < 1.29 is 9.18 Å². The third kappa shape index (κ3) is 3.19. The molecule has 1 aromatic carbocycles. The van der Waals surface area contributed by atoms with Crippen LogP contribution in [0.3, 0.4) is 0 Å². The van der Waals surface area contributed by atoms with E-state index in [0.717, 1.165) is 0 Å². The maximum absolute atomic E-state index is 13.2. The van der Waals surface area contributed by atoms with E-state index in [0.29, 0.717) is 18.7 Å². The van der Waals surface area contributed by atoms with Gasteiger partial charge in [0, 0.05) is 24.7 Å². The second kappa shape index (κ2) is 6.05. The van der Waals surface area contributed by atoms with E-state index in [4.69, 9.17) is 0 Å². The lowest BCUT2D eigenvalue weighted by Gasteiger charge is -2.15. The minimum atomic E-state index is -0.314. The Hall–Kier alpha value is -1.64. The summed E-state index contributed by atoms with van der Waals surface area (Å²) in [5.74, 6) is -0.403. The van der Waals surface area contributed by atoms with Gasteiger partial charge in [0.2, 0.25) is 5.91 Å². The van der Waals surface area contributed by atoms with Gasteiger partial charge in [-0.05, 0) is 26.0 Å². The van der Waals surface area contributed by atoms with Crippen molar-refractivity contribution in [2.24, 2.45) is 0 Å². The number of hydrogen-bond donors (Lipinski definition) is 0. The number of hydrogen-bond acceptors (Lipinski definition) is 1. The molecule has 0 atom stereocenters. The molecular weight excluding hydrogens is 205 g/mol. The van der Waals surface area contributed by atoms with Gasteiger partial charge in [-0.1, -0.05) is 18.2 Å². The molecule has 0 aliphatic carbocycles. The van der Waals surface area contributed by atoms with Crippen LogP contribution in [0.4, 0.5) is 4.39 Å². The largest absolute Gasteiger partial charge is 0.340 e. The molecule has 1 amide bonds. The van der Waals surface area contributed by atoms with E-state index < -0.39 is 0 Å². The zero-order valence-corrected chi connectivity index (χ0v) is 9.61. The second-order valence-corrected chi connectivity index (χ2v) is 3.37. The van der Waals surface area contributed by atoms with Crippen LogP contribution in [0.25, 0.3) is 6.08 Å². The van der Waals surface area contributed by atoms with E-state index in [1.54, 1.807) is 23.1 Å². The van der Waals surface area contributed by atoms with Crippen LogP contribution >= 0.6 is 0 Å². The molecule has 0 aromatic heterocycles. The zero-order valence-electron chi connectivity index (χ0n) is 9.61. The Bertz CT molecular complexity index is 383. The highest BCUT2D eigenvalue weighted by Gasteiger charge is 2.05. The van der Waals surface area contributed by atoms with E-state index in [1.165, 1.54) is 18.2 Å². The first-order chi connectivity index (χ1) is 7.69. The van der Waals surface area contributed by atoms with Crippen LogP contribution in [0.1, 0.15) is 19.4 Å². The monoisotopic (exact) mass is 221 g/mol. The lowest BCUT2D eigenvalue weighted by Crippen LogP contribution is -2.28. The Kier molecular flexibility index (Phi) is 4.70. The molecule has 3 heteroatoms. The fourth-order valence-electron chi connectivity index (χ4n) is 1.41. The summed E-state index contributed by atoms with van der Waals surface area (Å²) in [6, 6.07) is 6.38. The van der Waals surface area contributed by atoms with Gasteiger partial charge in [0.15, 0.2) is 0 Å². The van der Waals surface area contributed by atoms with E-state index in [-0.39, 0.29) is 11.7 Å². The van der Waals surface area contributed by atoms with Crippen molar-refractivity contribution in [1.29, 1.82) is 0 Å². The first kappa shape index (κ1) is 12.4. The number of carbonyl (C=O) groups excluding carboxylic acids is 1. The fourth-order valence-corrected chi connectivity index (χ4v) is 1.41. The summed E-state index contributed by atoms with van der Waals surface area (Å²) >= 11 is 0. The SMILES string of the molecule is CCN(CC)C(=O)/C=C\c1ccccc1F. The molecular formula is C13H16FNO. The molecule has 0 aliphatic rings. The highest BCUT2D eigenvalue weighted by molar-refractivity contribution is 5.91. The third-order valence-corrected chi connectivity index (χ3v) is 2.39. The number of likely N-dealkylation sites (N-methyl/N-ethyl adjacent to an activating group) is 1. The van der Waals surface area contributed by atoms with Gasteiger partial charge in [0.1, 0.15) is 5.82 Å². The molecule has 0 spiro atoms. The van der Waals surface area contributed by atoms with Crippen LogP contribution in [-0.2, 0) is 4.79 Å². The minimum Gasteiger partial charge on any atom is -0.340 e. The van der Waals surface area contributed by atoms with Crippen LogP contribution in [0, 0.1) is 5.82 Å². The summed E-state index contributed by atoms with van der Waals surface area (Å²) in [5, 5.41) is 0. The van der Waals surface area contributed by atoms with E-state index in [1.807, 2.05) is 13.8 Å². The molecule has 0 bridgehead atoms. The molecule has 0 radical (unpaired) electrons. The molecule has 0 heterocycles. The predicted molar refractivity (Wildman–Crippen MR) is 63.4 cm³/mol. The molecule has 0 unspecified atom stereocenters. The summed E-state index contributed by atoms with van der Waals surface area (Å²) in [5.41, 5.74) is 0.433.